The third-order valence-corrected chi connectivity index (χ3v) is 2.95. The van der Waals surface area contributed by atoms with Gasteiger partial charge in [-0.15, -0.1) is 0 Å². The average molecular weight is 285 g/mol. The molecule has 1 heterocycles. The Kier molecular flexibility index (Phi) is 4.94. The zero-order chi connectivity index (χ0) is 15.1. The van der Waals surface area contributed by atoms with E-state index in [2.05, 4.69) is 9.99 Å². The molecule has 0 radical (unpaired) electrons. The number of para-hydroxylation sites is 1. The van der Waals surface area contributed by atoms with Crippen molar-refractivity contribution in [3.8, 4) is 11.8 Å². The smallest absolute Gasteiger partial charge is 0.410 e. The number of ether oxygens (including phenoxy) is 1. The second kappa shape index (κ2) is 7.10. The van der Waals surface area contributed by atoms with Gasteiger partial charge in [-0.05, 0) is 18.6 Å². The molecule has 0 N–H and O–H groups in total. The summed E-state index contributed by atoms with van der Waals surface area (Å²) in [6.45, 7) is 0.822. The number of carbonyl (C=O) groups excluding carboxylic acids is 1. The number of amides is 1. The van der Waals surface area contributed by atoms with Crippen LogP contribution in [-0.2, 0) is 4.84 Å². The zero-order valence-corrected chi connectivity index (χ0v) is 11.7. The Bertz CT molecular complexity index is 602. The molecule has 0 spiro atoms. The molecule has 1 aliphatic rings. The minimum Gasteiger partial charge on any atom is -0.410 e. The van der Waals surface area contributed by atoms with Crippen LogP contribution in [0, 0.1) is 11.3 Å². The third kappa shape index (κ3) is 3.83. The molecule has 1 aliphatic heterocycles. The minimum absolute atomic E-state index is 0.176. The van der Waals surface area contributed by atoms with Crippen LogP contribution in [0.25, 0.3) is 0 Å². The van der Waals surface area contributed by atoms with E-state index in [9.17, 15) is 4.79 Å². The van der Waals surface area contributed by atoms with E-state index in [1.807, 2.05) is 18.2 Å². The maximum atomic E-state index is 12.1. The average Bonchev–Trinajstić information content (AvgIpc) is 2.53. The van der Waals surface area contributed by atoms with E-state index in [-0.39, 0.29) is 12.3 Å². The van der Waals surface area contributed by atoms with Crippen LogP contribution in [0.4, 0.5) is 4.79 Å². The first-order valence-corrected chi connectivity index (χ1v) is 6.47. The number of oxime groups is 1. The van der Waals surface area contributed by atoms with E-state index in [0.717, 1.165) is 0 Å². The van der Waals surface area contributed by atoms with Crippen molar-refractivity contribution >= 4 is 11.8 Å². The first-order valence-electron chi connectivity index (χ1n) is 6.47. The Labute approximate surface area is 122 Å². The molecule has 6 heteroatoms. The lowest BCUT2D eigenvalue weighted by Crippen LogP contribution is -2.39. The predicted octanol–water partition coefficient (Wildman–Crippen LogP) is 2.34. The highest BCUT2D eigenvalue weighted by atomic mass is 16.6. The fourth-order valence-electron chi connectivity index (χ4n) is 1.97. The summed E-state index contributed by atoms with van der Waals surface area (Å²) < 4.78 is 5.28. The SMILES string of the molecule is CO/N=C(\C#N)C1=CCCN(C(=O)Oc2ccccc2)C1. The molecule has 0 saturated heterocycles. The molecule has 0 aliphatic carbocycles. The van der Waals surface area contributed by atoms with Crippen LogP contribution in [0.5, 0.6) is 5.75 Å². The van der Waals surface area contributed by atoms with Crippen LogP contribution in [0.1, 0.15) is 6.42 Å². The summed E-state index contributed by atoms with van der Waals surface area (Å²) in [5.41, 5.74) is 0.838. The summed E-state index contributed by atoms with van der Waals surface area (Å²) in [6.07, 6.45) is 2.08. The number of nitrogens with zero attached hydrogens (tertiary/aromatic N) is 3. The van der Waals surface area contributed by atoms with Crippen molar-refractivity contribution in [2.24, 2.45) is 5.16 Å². The highest BCUT2D eigenvalue weighted by molar-refractivity contribution is 6.11. The van der Waals surface area contributed by atoms with E-state index < -0.39 is 6.09 Å². The Balaban J connectivity index is 2.03. The number of carbonyl (C=O) groups is 1. The minimum atomic E-state index is -0.443. The number of hydrogen-bond donors (Lipinski definition) is 0. The van der Waals surface area contributed by atoms with Gasteiger partial charge in [0.1, 0.15) is 18.9 Å². The van der Waals surface area contributed by atoms with Gasteiger partial charge in [0.25, 0.3) is 0 Å². The number of benzene rings is 1. The summed E-state index contributed by atoms with van der Waals surface area (Å²) in [4.78, 5) is 18.3. The molecule has 1 aromatic rings. The van der Waals surface area contributed by atoms with E-state index >= 15 is 0 Å². The quantitative estimate of drug-likeness (QED) is 0.631. The molecular weight excluding hydrogens is 270 g/mol. The van der Waals surface area contributed by atoms with Crippen molar-refractivity contribution < 1.29 is 14.4 Å². The molecule has 2 rings (SSSR count). The maximum Gasteiger partial charge on any atom is 0.415 e. The highest BCUT2D eigenvalue weighted by Gasteiger charge is 2.22. The number of rotatable bonds is 3. The summed E-state index contributed by atoms with van der Waals surface area (Å²) in [7, 11) is 1.38. The molecule has 108 valence electrons. The van der Waals surface area contributed by atoms with E-state index in [1.54, 1.807) is 24.3 Å². The summed E-state index contributed by atoms with van der Waals surface area (Å²) in [5, 5.41) is 12.7. The molecule has 0 aromatic heterocycles. The monoisotopic (exact) mass is 285 g/mol. The van der Waals surface area contributed by atoms with Crippen LogP contribution < -0.4 is 4.74 Å². The van der Waals surface area contributed by atoms with E-state index in [1.165, 1.54) is 12.0 Å². The Morgan fingerprint density at radius 3 is 2.81 bits per heavy atom. The van der Waals surface area contributed by atoms with Crippen LogP contribution in [0.3, 0.4) is 0 Å². The topological polar surface area (TPSA) is 74.9 Å². The molecule has 1 aromatic carbocycles. The van der Waals surface area contributed by atoms with Crippen molar-refractivity contribution in [1.82, 2.24) is 4.90 Å². The normalized spacial score (nSPS) is 15.0. The molecule has 0 atom stereocenters. The van der Waals surface area contributed by atoms with Gasteiger partial charge in [0.15, 0.2) is 5.71 Å². The summed E-state index contributed by atoms with van der Waals surface area (Å²) >= 11 is 0. The van der Waals surface area contributed by atoms with Crippen molar-refractivity contribution in [1.29, 1.82) is 5.26 Å². The molecule has 0 saturated carbocycles. The standard InChI is InChI=1S/C15H15N3O3/c1-20-17-14(10-16)12-6-5-9-18(11-12)15(19)21-13-7-3-2-4-8-13/h2-4,6-8H,5,9,11H2,1H3/b17-14+. The van der Waals surface area contributed by atoms with Gasteiger partial charge < -0.3 is 14.5 Å². The molecule has 0 unspecified atom stereocenters. The lowest BCUT2D eigenvalue weighted by atomic mass is 10.1. The molecule has 0 fully saturated rings. The second-order valence-corrected chi connectivity index (χ2v) is 4.35. The third-order valence-electron chi connectivity index (χ3n) is 2.95. The van der Waals surface area contributed by atoms with E-state index in [4.69, 9.17) is 10.00 Å². The maximum absolute atomic E-state index is 12.1. The lowest BCUT2D eigenvalue weighted by molar-refractivity contribution is 0.155. The van der Waals surface area contributed by atoms with Crippen molar-refractivity contribution in [3.05, 3.63) is 42.0 Å². The van der Waals surface area contributed by atoms with Crippen molar-refractivity contribution in [3.63, 3.8) is 0 Å². The van der Waals surface area contributed by atoms with Gasteiger partial charge in [-0.2, -0.15) is 5.26 Å². The molecule has 21 heavy (non-hydrogen) atoms. The fraction of sp³-hybridized carbons (Fsp3) is 0.267. The molecular formula is C15H15N3O3. The Morgan fingerprint density at radius 1 is 1.38 bits per heavy atom. The van der Waals surface area contributed by atoms with Gasteiger partial charge in [-0.1, -0.05) is 29.4 Å². The molecule has 1 amide bonds. The number of nitriles is 1. The van der Waals surface area contributed by atoms with Crippen LogP contribution in [-0.4, -0.2) is 36.9 Å². The van der Waals surface area contributed by atoms with Crippen LogP contribution in [0.2, 0.25) is 0 Å². The first-order chi connectivity index (χ1) is 10.2. The van der Waals surface area contributed by atoms with Crippen molar-refractivity contribution in [2.75, 3.05) is 20.2 Å². The van der Waals surface area contributed by atoms with Crippen LogP contribution >= 0.6 is 0 Å². The molecule has 6 nitrogen and oxygen atoms in total. The second-order valence-electron chi connectivity index (χ2n) is 4.35. The van der Waals surface area contributed by atoms with E-state index in [0.29, 0.717) is 24.3 Å². The van der Waals surface area contributed by atoms with Crippen molar-refractivity contribution in [2.45, 2.75) is 6.42 Å². The largest absolute Gasteiger partial charge is 0.415 e. The number of hydrogen-bond acceptors (Lipinski definition) is 5. The van der Waals surface area contributed by atoms with Gasteiger partial charge in [-0.3, -0.25) is 0 Å². The first kappa shape index (κ1) is 14.6. The highest BCUT2D eigenvalue weighted by Crippen LogP contribution is 2.15. The predicted molar refractivity (Wildman–Crippen MR) is 76.8 cm³/mol. The van der Waals surface area contributed by atoms with Crippen LogP contribution in [0.15, 0.2) is 47.1 Å². The van der Waals surface area contributed by atoms with Gasteiger partial charge >= 0.3 is 6.09 Å². The van der Waals surface area contributed by atoms with Gasteiger partial charge in [-0.25, -0.2) is 4.79 Å². The van der Waals surface area contributed by atoms with Gasteiger partial charge in [0.05, 0.1) is 6.54 Å². The molecule has 0 bridgehead atoms. The summed E-state index contributed by atoms with van der Waals surface area (Å²) in [6, 6.07) is 10.8. The summed E-state index contributed by atoms with van der Waals surface area (Å²) in [5.74, 6) is 0.490. The fourth-order valence-corrected chi connectivity index (χ4v) is 1.97. The lowest BCUT2D eigenvalue weighted by Gasteiger charge is -2.25. The zero-order valence-electron chi connectivity index (χ0n) is 11.7. The van der Waals surface area contributed by atoms with Gasteiger partial charge in [0.2, 0.25) is 0 Å². The Morgan fingerprint density at radius 2 is 2.14 bits per heavy atom. The van der Waals surface area contributed by atoms with Gasteiger partial charge in [0, 0.05) is 12.1 Å². The Hall–Kier alpha value is -2.81.